The second-order valence-electron chi connectivity index (χ2n) is 7.81. The van der Waals surface area contributed by atoms with E-state index in [1.54, 1.807) is 6.92 Å². The highest BCUT2D eigenvalue weighted by Crippen LogP contribution is 2.11. The average Bonchev–Trinajstić information content (AvgIpc) is 2.79. The van der Waals surface area contributed by atoms with Crippen LogP contribution in [0.3, 0.4) is 0 Å². The van der Waals surface area contributed by atoms with Crippen LogP contribution in [-0.2, 0) is 17.9 Å². The van der Waals surface area contributed by atoms with Gasteiger partial charge in [0, 0.05) is 12.2 Å². The van der Waals surface area contributed by atoms with Crippen molar-refractivity contribution in [3.05, 3.63) is 92.4 Å². The molecular formula is C24H26FN5O4. The predicted molar refractivity (Wildman–Crippen MR) is 127 cm³/mol. The van der Waals surface area contributed by atoms with Crippen LogP contribution in [0.5, 0.6) is 0 Å². The monoisotopic (exact) mass is 467 g/mol. The summed E-state index contributed by atoms with van der Waals surface area (Å²) in [5.74, 6) is -1.67. The van der Waals surface area contributed by atoms with Crippen molar-refractivity contribution in [1.82, 2.24) is 14.0 Å². The number of ketones is 1. The minimum Gasteiger partial charge on any atom is -0.384 e. The third-order valence-corrected chi connectivity index (χ3v) is 5.20. The second-order valence-corrected chi connectivity index (χ2v) is 7.81. The molecule has 0 radical (unpaired) electrons. The molecule has 3 aromatic rings. The maximum absolute atomic E-state index is 13.0. The zero-order valence-electron chi connectivity index (χ0n) is 19.0. The quantitative estimate of drug-likeness (QED) is 0.461. The number of carbonyl (C=O) groups is 2. The fourth-order valence-corrected chi connectivity index (χ4v) is 3.53. The van der Waals surface area contributed by atoms with Crippen LogP contribution >= 0.6 is 0 Å². The first-order chi connectivity index (χ1) is 16.2. The summed E-state index contributed by atoms with van der Waals surface area (Å²) in [6.45, 7) is 1.37. The number of halogens is 1. The summed E-state index contributed by atoms with van der Waals surface area (Å²) < 4.78 is 15.2. The molecule has 1 heterocycles. The van der Waals surface area contributed by atoms with Gasteiger partial charge in [-0.05, 0) is 43.8 Å². The predicted octanol–water partition coefficient (Wildman–Crippen LogP) is 1.55. The van der Waals surface area contributed by atoms with Gasteiger partial charge >= 0.3 is 5.69 Å². The number of amides is 1. The number of hydrogen-bond donors (Lipinski definition) is 2. The van der Waals surface area contributed by atoms with E-state index in [1.807, 2.05) is 30.3 Å². The van der Waals surface area contributed by atoms with Crippen molar-refractivity contribution < 1.29 is 14.0 Å². The number of carbonyl (C=O) groups excluding carboxylic acids is 2. The van der Waals surface area contributed by atoms with E-state index in [-0.39, 0.29) is 37.6 Å². The van der Waals surface area contributed by atoms with E-state index in [0.717, 1.165) is 10.1 Å². The number of benzene rings is 2. The molecule has 0 atom stereocenters. The van der Waals surface area contributed by atoms with Crippen molar-refractivity contribution in [2.75, 3.05) is 31.2 Å². The molecule has 0 saturated heterocycles. The van der Waals surface area contributed by atoms with Crippen molar-refractivity contribution in [2.45, 2.75) is 20.0 Å². The summed E-state index contributed by atoms with van der Waals surface area (Å²) in [7, 11) is 1.54. The Morgan fingerprint density at radius 3 is 2.26 bits per heavy atom. The lowest BCUT2D eigenvalue weighted by molar-refractivity contribution is -0.116. The molecule has 3 rings (SSSR count). The van der Waals surface area contributed by atoms with Gasteiger partial charge in [0.15, 0.2) is 5.78 Å². The van der Waals surface area contributed by atoms with E-state index < -0.39 is 28.8 Å². The Labute approximate surface area is 195 Å². The number of anilines is 2. The number of likely N-dealkylation sites (N-methyl/N-ethyl adjacent to an activating group) is 1. The molecule has 0 aliphatic carbocycles. The Bertz CT molecular complexity index is 1300. The number of hydrogen-bond acceptors (Lipinski definition) is 6. The number of nitrogens with one attached hydrogen (secondary N) is 1. The molecule has 0 unspecified atom stereocenters. The molecule has 9 nitrogen and oxygen atoms in total. The van der Waals surface area contributed by atoms with Gasteiger partial charge in [-0.2, -0.15) is 0 Å². The molecule has 3 N–H and O–H groups in total. The molecule has 0 aliphatic heterocycles. The van der Waals surface area contributed by atoms with E-state index in [2.05, 4.69) is 5.32 Å². The first-order valence-electron chi connectivity index (χ1n) is 10.7. The first kappa shape index (κ1) is 24.6. The standard InChI is InChI=1S/C24H26FN5O4/c1-3-29-23(33)21(22(26)30(24(29)34)13-16-7-5-4-6-8-16)19(31)14-28(2)15-20(32)27-18-11-9-17(25)10-12-18/h4-12H,3,13-15,26H2,1-2H3,(H,27,32). The Morgan fingerprint density at radius 1 is 1.00 bits per heavy atom. The highest BCUT2D eigenvalue weighted by Gasteiger charge is 2.23. The van der Waals surface area contributed by atoms with Crippen LogP contribution in [0.15, 0.2) is 64.2 Å². The lowest BCUT2D eigenvalue weighted by Crippen LogP contribution is -2.45. The normalized spacial score (nSPS) is 10.9. The largest absolute Gasteiger partial charge is 0.384 e. The number of aromatic nitrogens is 2. The Balaban J connectivity index is 1.81. The molecule has 0 fully saturated rings. The SMILES string of the molecule is CCn1c(=O)c(C(=O)CN(C)CC(=O)Nc2ccc(F)cc2)c(N)n(Cc2ccccc2)c1=O. The smallest absolute Gasteiger partial charge is 0.332 e. The van der Waals surface area contributed by atoms with Crippen LogP contribution in [0.25, 0.3) is 0 Å². The number of rotatable bonds is 9. The maximum Gasteiger partial charge on any atom is 0.332 e. The highest BCUT2D eigenvalue weighted by molar-refractivity contribution is 6.01. The first-order valence-corrected chi connectivity index (χ1v) is 10.7. The van der Waals surface area contributed by atoms with Crippen molar-refractivity contribution in [3.63, 3.8) is 0 Å². The fourth-order valence-electron chi connectivity index (χ4n) is 3.53. The molecule has 10 heteroatoms. The molecule has 0 spiro atoms. The number of nitrogens with zero attached hydrogens (tertiary/aromatic N) is 3. The number of Topliss-reactive ketones (excluding diaryl/α,β-unsaturated/α-hetero) is 1. The molecule has 0 saturated carbocycles. The Kier molecular flexibility index (Phi) is 7.75. The van der Waals surface area contributed by atoms with Gasteiger partial charge in [-0.1, -0.05) is 30.3 Å². The van der Waals surface area contributed by atoms with Gasteiger partial charge in [0.2, 0.25) is 5.91 Å². The number of nitrogen functional groups attached to an aromatic ring is 1. The van der Waals surface area contributed by atoms with Gasteiger partial charge in [-0.15, -0.1) is 0 Å². The van der Waals surface area contributed by atoms with Crippen LogP contribution in [0, 0.1) is 5.82 Å². The topological polar surface area (TPSA) is 119 Å². The molecule has 34 heavy (non-hydrogen) atoms. The summed E-state index contributed by atoms with van der Waals surface area (Å²) >= 11 is 0. The third-order valence-electron chi connectivity index (χ3n) is 5.20. The minimum absolute atomic E-state index is 0.0724. The van der Waals surface area contributed by atoms with E-state index in [9.17, 15) is 23.6 Å². The second kappa shape index (κ2) is 10.7. The van der Waals surface area contributed by atoms with Gasteiger partial charge in [0.25, 0.3) is 5.56 Å². The molecule has 1 amide bonds. The maximum atomic E-state index is 13.0. The van der Waals surface area contributed by atoms with E-state index in [1.165, 1.54) is 40.8 Å². The van der Waals surface area contributed by atoms with Crippen LogP contribution in [0.1, 0.15) is 22.8 Å². The van der Waals surface area contributed by atoms with Crippen LogP contribution in [0.4, 0.5) is 15.9 Å². The Morgan fingerprint density at radius 2 is 1.65 bits per heavy atom. The summed E-state index contributed by atoms with van der Waals surface area (Å²) in [6, 6.07) is 14.3. The average molecular weight is 468 g/mol. The van der Waals surface area contributed by atoms with Gasteiger partial charge in [-0.25, -0.2) is 9.18 Å². The van der Waals surface area contributed by atoms with E-state index in [4.69, 9.17) is 5.73 Å². The fraction of sp³-hybridized carbons (Fsp3) is 0.250. The lowest BCUT2D eigenvalue weighted by Gasteiger charge is -2.18. The summed E-state index contributed by atoms with van der Waals surface area (Å²) in [6.07, 6.45) is 0. The summed E-state index contributed by atoms with van der Waals surface area (Å²) in [5, 5.41) is 2.60. The molecule has 0 aliphatic rings. The van der Waals surface area contributed by atoms with Gasteiger partial charge < -0.3 is 11.1 Å². The minimum atomic E-state index is -0.761. The van der Waals surface area contributed by atoms with Crippen molar-refractivity contribution >= 4 is 23.2 Å². The summed E-state index contributed by atoms with van der Waals surface area (Å²) in [4.78, 5) is 52.4. The molecule has 2 aromatic carbocycles. The van der Waals surface area contributed by atoms with Gasteiger partial charge in [0.05, 0.1) is 19.6 Å². The van der Waals surface area contributed by atoms with Crippen LogP contribution in [-0.4, -0.2) is 45.9 Å². The molecule has 178 valence electrons. The lowest BCUT2D eigenvalue weighted by atomic mass is 10.1. The molecular weight excluding hydrogens is 441 g/mol. The van der Waals surface area contributed by atoms with Gasteiger partial charge in [-0.3, -0.25) is 28.4 Å². The van der Waals surface area contributed by atoms with Gasteiger partial charge in [0.1, 0.15) is 17.2 Å². The van der Waals surface area contributed by atoms with Crippen molar-refractivity contribution in [2.24, 2.45) is 0 Å². The van der Waals surface area contributed by atoms with Crippen LogP contribution in [0.2, 0.25) is 0 Å². The van der Waals surface area contributed by atoms with E-state index >= 15 is 0 Å². The third kappa shape index (κ3) is 5.65. The van der Waals surface area contributed by atoms with Crippen molar-refractivity contribution in [3.8, 4) is 0 Å². The zero-order chi connectivity index (χ0) is 24.8. The summed E-state index contributed by atoms with van der Waals surface area (Å²) in [5.41, 5.74) is 5.69. The number of nitrogens with two attached hydrogens (primary N) is 1. The molecule has 1 aromatic heterocycles. The zero-order valence-corrected chi connectivity index (χ0v) is 19.0. The highest BCUT2D eigenvalue weighted by atomic mass is 19.1. The molecule has 0 bridgehead atoms. The van der Waals surface area contributed by atoms with E-state index in [0.29, 0.717) is 5.69 Å². The Hall–Kier alpha value is -4.05. The van der Waals surface area contributed by atoms with Crippen molar-refractivity contribution in [1.29, 1.82) is 0 Å². The van der Waals surface area contributed by atoms with Crippen LogP contribution < -0.4 is 22.3 Å².